The van der Waals surface area contributed by atoms with E-state index >= 15 is 0 Å². The molecule has 0 radical (unpaired) electrons. The average molecular weight is 308 g/mol. The van der Waals surface area contributed by atoms with Gasteiger partial charge in [-0.1, -0.05) is 6.92 Å². The quantitative estimate of drug-likeness (QED) is 0.772. The van der Waals surface area contributed by atoms with Gasteiger partial charge in [0.2, 0.25) is 5.91 Å². The van der Waals surface area contributed by atoms with E-state index in [0.29, 0.717) is 13.1 Å². The molecular formula is C14H30ClN3O2. The Hall–Kier alpha value is -0.360. The highest BCUT2D eigenvalue weighted by Gasteiger charge is 2.29. The third-order valence-electron chi connectivity index (χ3n) is 4.10. The van der Waals surface area contributed by atoms with Crippen molar-refractivity contribution in [1.29, 1.82) is 0 Å². The van der Waals surface area contributed by atoms with Gasteiger partial charge >= 0.3 is 0 Å². The fraction of sp³-hybridized carbons (Fsp3) is 0.929. The number of nitrogens with two attached hydrogens (primary N) is 1. The first-order valence-corrected chi connectivity index (χ1v) is 7.19. The highest BCUT2D eigenvalue weighted by molar-refractivity contribution is 5.85. The molecule has 0 aromatic heterocycles. The van der Waals surface area contributed by atoms with Crippen molar-refractivity contribution in [2.24, 2.45) is 5.73 Å². The summed E-state index contributed by atoms with van der Waals surface area (Å²) in [6.45, 7) is 8.05. The van der Waals surface area contributed by atoms with Gasteiger partial charge in [0.25, 0.3) is 0 Å². The lowest BCUT2D eigenvalue weighted by molar-refractivity contribution is -0.125. The zero-order valence-corrected chi connectivity index (χ0v) is 14.0. The number of ether oxygens (including phenoxy) is 1. The van der Waals surface area contributed by atoms with Crippen LogP contribution >= 0.6 is 12.4 Å². The number of amides is 1. The molecule has 0 saturated carbocycles. The van der Waals surface area contributed by atoms with Crippen LogP contribution in [0.15, 0.2) is 0 Å². The maximum Gasteiger partial charge on any atom is 0.234 e. The summed E-state index contributed by atoms with van der Waals surface area (Å²) < 4.78 is 5.39. The summed E-state index contributed by atoms with van der Waals surface area (Å²) in [5.41, 5.74) is 5.67. The number of carbonyl (C=O) groups is 1. The van der Waals surface area contributed by atoms with Crippen molar-refractivity contribution in [3.05, 3.63) is 0 Å². The topological polar surface area (TPSA) is 67.6 Å². The van der Waals surface area contributed by atoms with Crippen molar-refractivity contribution in [2.45, 2.75) is 57.7 Å². The predicted molar refractivity (Wildman–Crippen MR) is 84.2 cm³/mol. The molecule has 0 bridgehead atoms. The molecule has 1 amide bonds. The summed E-state index contributed by atoms with van der Waals surface area (Å²) in [5.74, 6) is 0.0844. The molecule has 0 aromatic rings. The summed E-state index contributed by atoms with van der Waals surface area (Å²) in [6, 6.07) is 0.245. The van der Waals surface area contributed by atoms with Gasteiger partial charge in [0.1, 0.15) is 0 Å². The van der Waals surface area contributed by atoms with E-state index in [-0.39, 0.29) is 36.0 Å². The lowest BCUT2D eigenvalue weighted by Crippen LogP contribution is -2.54. The third kappa shape index (κ3) is 5.95. The average Bonchev–Trinajstić information content (AvgIpc) is 2.38. The van der Waals surface area contributed by atoms with Crippen LogP contribution in [0.25, 0.3) is 0 Å². The molecule has 0 aromatic carbocycles. The second kappa shape index (κ2) is 8.82. The molecule has 6 heteroatoms. The molecule has 2 atom stereocenters. The molecule has 0 spiro atoms. The highest BCUT2D eigenvalue weighted by atomic mass is 35.5. The standard InChI is InChI=1S/C14H29N3O2.ClH/c1-5-14(2,3)16-13(18)10-17-7-6-12(19-4)8-11(17)9-15;/h11-12H,5-10,15H2,1-4H3,(H,16,18);1H. The van der Waals surface area contributed by atoms with Crippen molar-refractivity contribution in [2.75, 3.05) is 26.7 Å². The van der Waals surface area contributed by atoms with Crippen molar-refractivity contribution in [3.8, 4) is 0 Å². The van der Waals surface area contributed by atoms with Crippen LogP contribution in [-0.2, 0) is 9.53 Å². The van der Waals surface area contributed by atoms with E-state index in [4.69, 9.17) is 10.5 Å². The molecule has 5 nitrogen and oxygen atoms in total. The van der Waals surface area contributed by atoms with E-state index in [1.807, 2.05) is 13.8 Å². The lowest BCUT2D eigenvalue weighted by atomic mass is 9.99. The summed E-state index contributed by atoms with van der Waals surface area (Å²) >= 11 is 0. The molecule has 1 rings (SSSR count). The molecule has 2 unspecified atom stereocenters. The maximum atomic E-state index is 12.1. The van der Waals surface area contributed by atoms with Crippen LogP contribution in [0, 0.1) is 0 Å². The molecule has 1 heterocycles. The summed E-state index contributed by atoms with van der Waals surface area (Å²) in [7, 11) is 1.74. The Labute approximate surface area is 129 Å². The zero-order chi connectivity index (χ0) is 14.5. The van der Waals surface area contributed by atoms with E-state index in [9.17, 15) is 4.79 Å². The smallest absolute Gasteiger partial charge is 0.234 e. The summed E-state index contributed by atoms with van der Waals surface area (Å²) in [4.78, 5) is 14.3. The van der Waals surface area contributed by atoms with Crippen molar-refractivity contribution in [1.82, 2.24) is 10.2 Å². The second-order valence-electron chi connectivity index (χ2n) is 6.03. The van der Waals surface area contributed by atoms with Gasteiger partial charge in [0.15, 0.2) is 0 Å². The molecule has 120 valence electrons. The van der Waals surface area contributed by atoms with E-state index in [2.05, 4.69) is 17.1 Å². The number of halogens is 1. The minimum atomic E-state index is -0.139. The number of carbonyl (C=O) groups excluding carboxylic acids is 1. The van der Waals surface area contributed by atoms with Crippen LogP contribution in [-0.4, -0.2) is 55.2 Å². The highest BCUT2D eigenvalue weighted by Crippen LogP contribution is 2.19. The Bertz CT molecular complexity index is 300. The van der Waals surface area contributed by atoms with Crippen LogP contribution in [0.4, 0.5) is 0 Å². The molecule has 20 heavy (non-hydrogen) atoms. The molecule has 1 fully saturated rings. The molecule has 3 N–H and O–H groups in total. The summed E-state index contributed by atoms with van der Waals surface area (Å²) in [5, 5.41) is 3.07. The number of rotatable bonds is 6. The first-order valence-electron chi connectivity index (χ1n) is 7.19. The van der Waals surface area contributed by atoms with Crippen LogP contribution in [0.3, 0.4) is 0 Å². The Morgan fingerprint density at radius 2 is 2.15 bits per heavy atom. The van der Waals surface area contributed by atoms with Gasteiger partial charge in [-0.3, -0.25) is 9.69 Å². The Kier molecular flexibility index (Phi) is 8.66. The van der Waals surface area contributed by atoms with E-state index < -0.39 is 0 Å². The molecule has 1 saturated heterocycles. The Morgan fingerprint density at radius 3 is 2.65 bits per heavy atom. The lowest BCUT2D eigenvalue weighted by Gasteiger charge is -2.38. The van der Waals surface area contributed by atoms with Gasteiger partial charge in [-0.15, -0.1) is 12.4 Å². The van der Waals surface area contributed by atoms with Crippen molar-refractivity contribution >= 4 is 18.3 Å². The fourth-order valence-corrected chi connectivity index (χ4v) is 2.42. The van der Waals surface area contributed by atoms with Gasteiger partial charge < -0.3 is 15.8 Å². The number of likely N-dealkylation sites (tertiary alicyclic amines) is 1. The van der Waals surface area contributed by atoms with E-state index in [1.165, 1.54) is 0 Å². The number of piperidine rings is 1. The number of hydrogen-bond donors (Lipinski definition) is 2. The molecule has 1 aliphatic heterocycles. The first-order chi connectivity index (χ1) is 8.91. The van der Waals surface area contributed by atoms with Crippen LogP contribution in [0.5, 0.6) is 0 Å². The van der Waals surface area contributed by atoms with Crippen molar-refractivity contribution < 1.29 is 9.53 Å². The Balaban J connectivity index is 0.00000361. The minimum absolute atomic E-state index is 0. The number of methoxy groups -OCH3 is 1. The minimum Gasteiger partial charge on any atom is -0.381 e. The van der Waals surface area contributed by atoms with Crippen LogP contribution < -0.4 is 11.1 Å². The van der Waals surface area contributed by atoms with Gasteiger partial charge in [0, 0.05) is 31.8 Å². The molecular weight excluding hydrogens is 278 g/mol. The van der Waals surface area contributed by atoms with Gasteiger partial charge in [0.05, 0.1) is 12.6 Å². The van der Waals surface area contributed by atoms with Gasteiger partial charge in [-0.2, -0.15) is 0 Å². The normalized spacial score (nSPS) is 24.1. The number of nitrogens with one attached hydrogen (secondary N) is 1. The first kappa shape index (κ1) is 19.6. The number of nitrogens with zero attached hydrogens (tertiary/aromatic N) is 1. The third-order valence-corrected chi connectivity index (χ3v) is 4.10. The largest absolute Gasteiger partial charge is 0.381 e. The van der Waals surface area contributed by atoms with E-state index in [0.717, 1.165) is 25.8 Å². The monoisotopic (exact) mass is 307 g/mol. The van der Waals surface area contributed by atoms with Gasteiger partial charge in [-0.05, 0) is 33.1 Å². The molecule has 0 aliphatic carbocycles. The molecule has 1 aliphatic rings. The van der Waals surface area contributed by atoms with Crippen LogP contribution in [0.1, 0.15) is 40.0 Å². The fourth-order valence-electron chi connectivity index (χ4n) is 2.42. The Morgan fingerprint density at radius 1 is 1.50 bits per heavy atom. The van der Waals surface area contributed by atoms with E-state index in [1.54, 1.807) is 7.11 Å². The summed E-state index contributed by atoms with van der Waals surface area (Å²) in [6.07, 6.45) is 3.08. The SMILES string of the molecule is CCC(C)(C)NC(=O)CN1CCC(OC)CC1CN.Cl. The van der Waals surface area contributed by atoms with Crippen LogP contribution in [0.2, 0.25) is 0 Å². The number of hydrogen-bond acceptors (Lipinski definition) is 4. The van der Waals surface area contributed by atoms with Crippen molar-refractivity contribution in [3.63, 3.8) is 0 Å². The predicted octanol–water partition coefficient (Wildman–Crippen LogP) is 1.15. The zero-order valence-electron chi connectivity index (χ0n) is 13.1. The maximum absolute atomic E-state index is 12.1. The second-order valence-corrected chi connectivity index (χ2v) is 6.03. The van der Waals surface area contributed by atoms with Gasteiger partial charge in [-0.25, -0.2) is 0 Å².